The molecule has 1 aromatic carbocycles. The Bertz CT molecular complexity index is 320. The van der Waals surface area contributed by atoms with E-state index in [9.17, 15) is 5.11 Å². The summed E-state index contributed by atoms with van der Waals surface area (Å²) in [6.45, 7) is 2.26. The van der Waals surface area contributed by atoms with Gasteiger partial charge in [0.15, 0.2) is 0 Å². The smallest absolute Gasteiger partial charge is 0.0847 e. The molecule has 0 fully saturated rings. The van der Waals surface area contributed by atoms with Crippen LogP contribution in [0.2, 0.25) is 10.0 Å². The van der Waals surface area contributed by atoms with Crippen LogP contribution >= 0.6 is 34.8 Å². The average Bonchev–Trinajstić information content (AvgIpc) is 2.15. The molecule has 84 valence electrons. The van der Waals surface area contributed by atoms with Crippen molar-refractivity contribution < 1.29 is 5.11 Å². The maximum atomic E-state index is 9.29. The molecule has 1 unspecified atom stereocenters. The first-order valence-corrected chi connectivity index (χ1v) is 5.77. The van der Waals surface area contributed by atoms with E-state index in [1.54, 1.807) is 6.07 Å². The van der Waals surface area contributed by atoms with Crippen LogP contribution in [0.3, 0.4) is 0 Å². The second kappa shape index (κ2) is 5.80. The van der Waals surface area contributed by atoms with Crippen molar-refractivity contribution in [2.24, 2.45) is 0 Å². The zero-order valence-corrected chi connectivity index (χ0v) is 10.5. The molecule has 0 aromatic heterocycles. The van der Waals surface area contributed by atoms with Crippen molar-refractivity contribution in [2.75, 3.05) is 17.7 Å². The minimum Gasteiger partial charge on any atom is -0.390 e. The van der Waals surface area contributed by atoms with Crippen LogP contribution in [0.4, 0.5) is 5.69 Å². The number of aryl methyl sites for hydroxylation is 1. The van der Waals surface area contributed by atoms with Crippen molar-refractivity contribution >= 4 is 40.5 Å². The minimum atomic E-state index is -0.585. The standard InChI is InChI=1S/C10H12Cl3NO/c1-6-2-7(12)3-9(13)10(6)14-5-8(15)4-11/h2-3,8,14-15H,4-5H2,1H3. The molecule has 1 aromatic rings. The Balaban J connectivity index is 2.77. The van der Waals surface area contributed by atoms with Crippen molar-refractivity contribution in [3.8, 4) is 0 Å². The second-order valence-electron chi connectivity index (χ2n) is 3.27. The predicted molar refractivity (Wildman–Crippen MR) is 66.4 cm³/mol. The molecule has 1 rings (SSSR count). The van der Waals surface area contributed by atoms with Gasteiger partial charge in [-0.3, -0.25) is 0 Å². The van der Waals surface area contributed by atoms with Crippen molar-refractivity contribution in [3.63, 3.8) is 0 Å². The number of aliphatic hydroxyl groups is 1. The van der Waals surface area contributed by atoms with E-state index in [1.807, 2.05) is 13.0 Å². The number of hydrogen-bond acceptors (Lipinski definition) is 2. The molecule has 0 saturated carbocycles. The molecule has 0 bridgehead atoms. The highest BCUT2D eigenvalue weighted by molar-refractivity contribution is 6.36. The Morgan fingerprint density at radius 1 is 1.40 bits per heavy atom. The number of rotatable bonds is 4. The SMILES string of the molecule is Cc1cc(Cl)cc(Cl)c1NCC(O)CCl. The third kappa shape index (κ3) is 3.72. The van der Waals surface area contributed by atoms with Crippen LogP contribution in [0.1, 0.15) is 5.56 Å². The van der Waals surface area contributed by atoms with E-state index < -0.39 is 6.10 Å². The first kappa shape index (κ1) is 12.9. The number of alkyl halides is 1. The van der Waals surface area contributed by atoms with E-state index in [2.05, 4.69) is 5.32 Å². The highest BCUT2D eigenvalue weighted by Gasteiger charge is 2.07. The minimum absolute atomic E-state index is 0.192. The zero-order chi connectivity index (χ0) is 11.4. The summed E-state index contributed by atoms with van der Waals surface area (Å²) in [5.41, 5.74) is 1.72. The third-order valence-electron chi connectivity index (χ3n) is 1.94. The van der Waals surface area contributed by atoms with Crippen molar-refractivity contribution in [3.05, 3.63) is 27.7 Å². The molecule has 0 spiro atoms. The Labute approximate surface area is 104 Å². The molecule has 0 heterocycles. The summed E-state index contributed by atoms with van der Waals surface area (Å²) in [4.78, 5) is 0. The molecule has 2 nitrogen and oxygen atoms in total. The number of halogens is 3. The van der Waals surface area contributed by atoms with Crippen LogP contribution < -0.4 is 5.32 Å². The molecule has 0 amide bonds. The lowest BCUT2D eigenvalue weighted by Crippen LogP contribution is -2.21. The van der Waals surface area contributed by atoms with E-state index in [0.717, 1.165) is 11.3 Å². The number of hydrogen-bond donors (Lipinski definition) is 2. The van der Waals surface area contributed by atoms with Crippen LogP contribution in [0.15, 0.2) is 12.1 Å². The molecule has 0 aliphatic heterocycles. The summed E-state index contributed by atoms with van der Waals surface area (Å²) < 4.78 is 0. The fourth-order valence-electron chi connectivity index (χ4n) is 1.20. The zero-order valence-electron chi connectivity index (χ0n) is 8.23. The van der Waals surface area contributed by atoms with Gasteiger partial charge in [0.2, 0.25) is 0 Å². The van der Waals surface area contributed by atoms with Crippen LogP contribution in [0.25, 0.3) is 0 Å². The quantitative estimate of drug-likeness (QED) is 0.821. The lowest BCUT2D eigenvalue weighted by Gasteiger charge is -2.14. The van der Waals surface area contributed by atoms with Gasteiger partial charge < -0.3 is 10.4 Å². The topological polar surface area (TPSA) is 32.3 Å². The van der Waals surface area contributed by atoms with Gasteiger partial charge >= 0.3 is 0 Å². The van der Waals surface area contributed by atoms with Crippen molar-refractivity contribution in [1.82, 2.24) is 0 Å². The summed E-state index contributed by atoms with van der Waals surface area (Å²) in [5, 5.41) is 13.5. The molecule has 0 aliphatic carbocycles. The molecule has 0 aliphatic rings. The number of aliphatic hydroxyl groups excluding tert-OH is 1. The normalized spacial score (nSPS) is 12.6. The Kier molecular flexibility index (Phi) is 5.00. The van der Waals surface area contributed by atoms with Gasteiger partial charge in [0.25, 0.3) is 0 Å². The van der Waals surface area contributed by atoms with E-state index in [-0.39, 0.29) is 5.88 Å². The van der Waals surface area contributed by atoms with Crippen LogP contribution in [0, 0.1) is 6.92 Å². The summed E-state index contributed by atoms with van der Waals surface area (Å²) in [6.07, 6.45) is -0.585. The van der Waals surface area contributed by atoms with Gasteiger partial charge in [-0.2, -0.15) is 0 Å². The fourth-order valence-corrected chi connectivity index (χ4v) is 1.97. The molecular weight excluding hydrogens is 256 g/mol. The Hall–Kier alpha value is -0.150. The Morgan fingerprint density at radius 2 is 2.07 bits per heavy atom. The predicted octanol–water partition coefficient (Wildman–Crippen LogP) is 3.31. The van der Waals surface area contributed by atoms with Gasteiger partial charge in [-0.05, 0) is 24.6 Å². The highest BCUT2D eigenvalue weighted by atomic mass is 35.5. The second-order valence-corrected chi connectivity index (χ2v) is 4.42. The molecule has 2 N–H and O–H groups in total. The first-order valence-electron chi connectivity index (χ1n) is 4.48. The maximum absolute atomic E-state index is 9.29. The third-order valence-corrected chi connectivity index (χ3v) is 2.82. The lowest BCUT2D eigenvalue weighted by atomic mass is 10.2. The monoisotopic (exact) mass is 267 g/mol. The van der Waals surface area contributed by atoms with Crippen molar-refractivity contribution in [2.45, 2.75) is 13.0 Å². The average molecular weight is 269 g/mol. The lowest BCUT2D eigenvalue weighted by molar-refractivity contribution is 0.211. The fraction of sp³-hybridized carbons (Fsp3) is 0.400. The van der Waals surface area contributed by atoms with Crippen LogP contribution in [-0.4, -0.2) is 23.6 Å². The largest absolute Gasteiger partial charge is 0.390 e. The molecule has 0 radical (unpaired) electrons. The summed E-state index contributed by atoms with van der Waals surface area (Å²) in [5.74, 6) is 0.192. The first-order chi connectivity index (χ1) is 7.04. The highest BCUT2D eigenvalue weighted by Crippen LogP contribution is 2.29. The van der Waals surface area contributed by atoms with Gasteiger partial charge in [0, 0.05) is 11.6 Å². The summed E-state index contributed by atoms with van der Waals surface area (Å²) in [7, 11) is 0. The summed E-state index contributed by atoms with van der Waals surface area (Å²) >= 11 is 17.3. The van der Waals surface area contributed by atoms with E-state index in [1.165, 1.54) is 0 Å². The maximum Gasteiger partial charge on any atom is 0.0847 e. The molecule has 5 heteroatoms. The molecule has 0 saturated heterocycles. The van der Waals surface area contributed by atoms with Crippen molar-refractivity contribution in [1.29, 1.82) is 0 Å². The number of benzene rings is 1. The molecule has 1 atom stereocenters. The number of anilines is 1. The van der Waals surface area contributed by atoms with E-state index in [0.29, 0.717) is 16.6 Å². The van der Waals surface area contributed by atoms with Gasteiger partial charge in [0.1, 0.15) is 0 Å². The molecular formula is C10H12Cl3NO. The molecule has 15 heavy (non-hydrogen) atoms. The van der Waals surface area contributed by atoms with Gasteiger partial charge in [-0.1, -0.05) is 23.2 Å². The van der Waals surface area contributed by atoms with Gasteiger partial charge in [-0.15, -0.1) is 11.6 Å². The van der Waals surface area contributed by atoms with Crippen LogP contribution in [-0.2, 0) is 0 Å². The van der Waals surface area contributed by atoms with Gasteiger partial charge in [-0.25, -0.2) is 0 Å². The van der Waals surface area contributed by atoms with E-state index in [4.69, 9.17) is 34.8 Å². The van der Waals surface area contributed by atoms with E-state index >= 15 is 0 Å². The number of nitrogens with one attached hydrogen (secondary N) is 1. The van der Waals surface area contributed by atoms with Crippen LogP contribution in [0.5, 0.6) is 0 Å². The van der Waals surface area contributed by atoms with Gasteiger partial charge in [0.05, 0.1) is 22.7 Å². The Morgan fingerprint density at radius 3 is 2.60 bits per heavy atom. The summed E-state index contributed by atoms with van der Waals surface area (Å²) in [6, 6.07) is 3.47.